The van der Waals surface area contributed by atoms with Gasteiger partial charge in [0, 0.05) is 24.2 Å². The third kappa shape index (κ3) is 5.61. The van der Waals surface area contributed by atoms with Gasteiger partial charge >= 0.3 is 11.9 Å². The van der Waals surface area contributed by atoms with Gasteiger partial charge in [0.05, 0.1) is 23.7 Å². The molecular weight excluding hydrogens is 518 g/mol. The molecule has 1 aliphatic rings. The van der Waals surface area contributed by atoms with E-state index in [-0.39, 0.29) is 41.5 Å². The van der Waals surface area contributed by atoms with E-state index < -0.39 is 29.3 Å². The summed E-state index contributed by atoms with van der Waals surface area (Å²) in [7, 11) is 0. The summed E-state index contributed by atoms with van der Waals surface area (Å²) in [5, 5.41) is 5.93. The van der Waals surface area contributed by atoms with Gasteiger partial charge in [0.1, 0.15) is 5.76 Å². The number of aromatic nitrogens is 1. The maximum atomic E-state index is 13.7. The van der Waals surface area contributed by atoms with Gasteiger partial charge in [-0.1, -0.05) is 60.2 Å². The van der Waals surface area contributed by atoms with Crippen LogP contribution in [0.1, 0.15) is 47.1 Å². The predicted molar refractivity (Wildman–Crippen MR) is 148 cm³/mol. The summed E-state index contributed by atoms with van der Waals surface area (Å²) >= 11 is 5.85. The molecule has 1 amide bonds. The molecule has 9 nitrogen and oxygen atoms in total. The lowest BCUT2D eigenvalue weighted by Gasteiger charge is -2.36. The summed E-state index contributed by atoms with van der Waals surface area (Å²) in [6.45, 7) is 5.58. The van der Waals surface area contributed by atoms with Crippen molar-refractivity contribution in [1.82, 2.24) is 10.3 Å². The fourth-order valence-corrected chi connectivity index (χ4v) is 4.94. The van der Waals surface area contributed by atoms with Crippen LogP contribution in [-0.4, -0.2) is 46.4 Å². The Bertz CT molecular complexity index is 1400. The predicted octanol–water partition coefficient (Wildman–Crippen LogP) is 4.28. The molecule has 0 saturated carbocycles. The van der Waals surface area contributed by atoms with E-state index >= 15 is 0 Å². The van der Waals surface area contributed by atoms with Crippen molar-refractivity contribution in [2.45, 2.75) is 38.6 Å². The van der Waals surface area contributed by atoms with E-state index in [1.165, 1.54) is 6.20 Å². The Balaban J connectivity index is 1.75. The number of carbonyl (C=O) groups excluding carboxylic acids is 3. The van der Waals surface area contributed by atoms with Crippen molar-refractivity contribution in [1.29, 1.82) is 0 Å². The van der Waals surface area contributed by atoms with Crippen LogP contribution in [0.3, 0.4) is 0 Å². The molecule has 2 aromatic carbocycles. The zero-order valence-electron chi connectivity index (χ0n) is 21.9. The minimum atomic E-state index is -1.65. The number of oxazole rings is 1. The standard InChI is InChI=1S/C29H29N3O6S/c1-4-36-27(34)24-23(38-17-30-24)15-22(19-9-7-6-8-10-19)29(28(35)37-5-2)25(39)21(16-31-29)26(33)32-20-13-11-18(3)12-14-20/h6-14,16-17,22,31H,4-5,15H2,1-3H3,(H,32,33)/t22-,29+/m0/s1. The fourth-order valence-electron chi connectivity index (χ4n) is 4.50. The Labute approximate surface area is 231 Å². The second-order valence-corrected chi connectivity index (χ2v) is 9.30. The molecule has 0 saturated heterocycles. The van der Waals surface area contributed by atoms with Gasteiger partial charge in [-0.3, -0.25) is 4.79 Å². The van der Waals surface area contributed by atoms with Crippen LogP contribution in [0.15, 0.2) is 77.2 Å². The molecule has 0 unspecified atom stereocenters. The maximum Gasteiger partial charge on any atom is 0.360 e. The van der Waals surface area contributed by atoms with Crippen molar-refractivity contribution >= 4 is 40.6 Å². The molecule has 0 fully saturated rings. The number of amides is 1. The van der Waals surface area contributed by atoms with Gasteiger partial charge in [-0.15, -0.1) is 0 Å². The molecule has 1 aliphatic heterocycles. The van der Waals surface area contributed by atoms with Gasteiger partial charge in [0.25, 0.3) is 5.91 Å². The Kier molecular flexibility index (Phi) is 8.55. The second kappa shape index (κ2) is 12.0. The normalized spacial score (nSPS) is 17.1. The molecule has 10 heteroatoms. The SMILES string of the molecule is CCOC(=O)c1ncoc1C[C@@H](c1ccccc1)[C@@]1(C(=O)OCC)NC=C(C(=O)Nc2ccc(C)cc2)C1=S. The first-order chi connectivity index (χ1) is 18.8. The molecule has 0 spiro atoms. The van der Waals surface area contributed by atoms with Crippen molar-refractivity contribution in [2.24, 2.45) is 0 Å². The summed E-state index contributed by atoms with van der Waals surface area (Å²) in [6.07, 6.45) is 2.62. The zero-order valence-corrected chi connectivity index (χ0v) is 22.7. The van der Waals surface area contributed by atoms with Crippen LogP contribution in [0.5, 0.6) is 0 Å². The van der Waals surface area contributed by atoms with Crippen LogP contribution < -0.4 is 10.6 Å². The van der Waals surface area contributed by atoms with Gasteiger partial charge in [0.15, 0.2) is 17.6 Å². The average molecular weight is 548 g/mol. The molecule has 3 aromatic rings. The minimum Gasteiger partial charge on any atom is -0.464 e. The van der Waals surface area contributed by atoms with E-state index in [2.05, 4.69) is 15.6 Å². The molecule has 2 heterocycles. The molecule has 2 atom stereocenters. The average Bonchev–Trinajstić information content (AvgIpc) is 3.54. The number of hydrogen-bond donors (Lipinski definition) is 2. The highest BCUT2D eigenvalue weighted by atomic mass is 32.1. The Morgan fingerprint density at radius 1 is 1.05 bits per heavy atom. The molecule has 1 aromatic heterocycles. The molecular formula is C29H29N3O6S. The van der Waals surface area contributed by atoms with Crippen LogP contribution in [0, 0.1) is 6.92 Å². The smallest absolute Gasteiger partial charge is 0.360 e. The number of rotatable bonds is 10. The first-order valence-electron chi connectivity index (χ1n) is 12.5. The van der Waals surface area contributed by atoms with E-state index in [1.54, 1.807) is 26.0 Å². The van der Waals surface area contributed by atoms with Crippen molar-refractivity contribution in [3.8, 4) is 0 Å². The molecule has 202 valence electrons. The molecule has 0 aliphatic carbocycles. The van der Waals surface area contributed by atoms with Crippen LogP contribution >= 0.6 is 12.2 Å². The van der Waals surface area contributed by atoms with Crippen molar-refractivity contribution in [3.05, 3.63) is 95.3 Å². The molecule has 0 radical (unpaired) electrons. The molecule has 0 bridgehead atoms. The summed E-state index contributed by atoms with van der Waals surface area (Å²) in [6, 6.07) is 16.5. The Morgan fingerprint density at radius 2 is 1.74 bits per heavy atom. The number of hydrogen-bond acceptors (Lipinski definition) is 9. The molecule has 2 N–H and O–H groups in total. The fraction of sp³-hybridized carbons (Fsp3) is 0.276. The highest BCUT2D eigenvalue weighted by Crippen LogP contribution is 2.40. The van der Waals surface area contributed by atoms with E-state index in [0.717, 1.165) is 12.0 Å². The Hall–Kier alpha value is -4.31. The van der Waals surface area contributed by atoms with E-state index in [9.17, 15) is 14.4 Å². The second-order valence-electron chi connectivity index (χ2n) is 8.89. The number of benzene rings is 2. The van der Waals surface area contributed by atoms with Crippen molar-refractivity contribution in [3.63, 3.8) is 0 Å². The summed E-state index contributed by atoms with van der Waals surface area (Å²) in [4.78, 5) is 43.7. The first kappa shape index (κ1) is 27.7. The highest BCUT2D eigenvalue weighted by Gasteiger charge is 2.56. The summed E-state index contributed by atoms with van der Waals surface area (Å²) in [5.74, 6) is -2.30. The number of ether oxygens (including phenoxy) is 2. The number of anilines is 1. The van der Waals surface area contributed by atoms with Gasteiger partial charge in [-0.05, 0) is 38.5 Å². The van der Waals surface area contributed by atoms with Gasteiger partial charge < -0.3 is 24.5 Å². The first-order valence-corrected chi connectivity index (χ1v) is 12.9. The van der Waals surface area contributed by atoms with E-state index in [0.29, 0.717) is 11.3 Å². The number of thiocarbonyl (C=S) groups is 1. The number of esters is 2. The number of nitrogens with zero attached hydrogens (tertiary/aromatic N) is 1. The topological polar surface area (TPSA) is 120 Å². The third-order valence-electron chi connectivity index (χ3n) is 6.42. The van der Waals surface area contributed by atoms with Gasteiger partial charge in [0.2, 0.25) is 0 Å². The van der Waals surface area contributed by atoms with Gasteiger partial charge in [-0.25, -0.2) is 14.6 Å². The van der Waals surface area contributed by atoms with Crippen LogP contribution in [0.4, 0.5) is 5.69 Å². The van der Waals surface area contributed by atoms with Crippen LogP contribution in [0.25, 0.3) is 0 Å². The lowest BCUT2D eigenvalue weighted by atomic mass is 9.74. The molecule has 4 rings (SSSR count). The summed E-state index contributed by atoms with van der Waals surface area (Å²) < 4.78 is 16.2. The number of nitrogens with one attached hydrogen (secondary N) is 2. The van der Waals surface area contributed by atoms with Gasteiger partial charge in [-0.2, -0.15) is 0 Å². The molecule has 39 heavy (non-hydrogen) atoms. The Morgan fingerprint density at radius 3 is 2.41 bits per heavy atom. The highest BCUT2D eigenvalue weighted by molar-refractivity contribution is 7.81. The zero-order chi connectivity index (χ0) is 28.0. The van der Waals surface area contributed by atoms with Crippen LogP contribution in [0.2, 0.25) is 0 Å². The maximum absolute atomic E-state index is 13.7. The minimum absolute atomic E-state index is 0.00556. The quantitative estimate of drug-likeness (QED) is 0.283. The largest absolute Gasteiger partial charge is 0.464 e. The lowest BCUT2D eigenvalue weighted by molar-refractivity contribution is -0.148. The third-order valence-corrected chi connectivity index (χ3v) is 6.96. The van der Waals surface area contributed by atoms with E-state index in [1.807, 2.05) is 49.4 Å². The van der Waals surface area contributed by atoms with Crippen molar-refractivity contribution < 1.29 is 28.3 Å². The van der Waals surface area contributed by atoms with Crippen LogP contribution in [-0.2, 0) is 25.5 Å². The summed E-state index contributed by atoms with van der Waals surface area (Å²) in [5.41, 5.74) is 0.829. The van der Waals surface area contributed by atoms with E-state index in [4.69, 9.17) is 26.1 Å². The number of aryl methyl sites for hydroxylation is 1. The van der Waals surface area contributed by atoms with Crippen molar-refractivity contribution in [2.75, 3.05) is 18.5 Å². The lowest BCUT2D eigenvalue weighted by Crippen LogP contribution is -2.58. The monoisotopic (exact) mass is 547 g/mol. The number of carbonyl (C=O) groups is 3.